The Labute approximate surface area is 68.2 Å². The Kier molecular flexibility index (Phi) is 5.17. The molecule has 0 radical (unpaired) electrons. The average Bonchev–Trinajstić information content (AvgIpc) is 2.09. The predicted molar refractivity (Wildman–Crippen MR) is 46.9 cm³/mol. The largest absolute Gasteiger partial charge is 0.495 e. The summed E-state index contributed by atoms with van der Waals surface area (Å²) in [6.45, 7) is 5.92. The van der Waals surface area contributed by atoms with Crippen LogP contribution in [-0.4, -0.2) is 12.1 Å². The molecule has 0 aromatic carbocycles. The van der Waals surface area contributed by atoms with Gasteiger partial charge in [-0.15, -0.1) is 0 Å². The molecule has 0 fully saturated rings. The number of nitrogens with zero attached hydrogens (tertiary/aromatic N) is 1. The van der Waals surface area contributed by atoms with Crippen LogP contribution in [0.4, 0.5) is 0 Å². The highest BCUT2D eigenvalue weighted by Crippen LogP contribution is 2.11. The van der Waals surface area contributed by atoms with E-state index in [0.29, 0.717) is 0 Å². The van der Waals surface area contributed by atoms with Crippen molar-refractivity contribution in [3.8, 4) is 5.75 Å². The molecule has 0 atom stereocenters. The second kappa shape index (κ2) is 5.71. The van der Waals surface area contributed by atoms with Gasteiger partial charge in [0.25, 0.3) is 0 Å². The summed E-state index contributed by atoms with van der Waals surface area (Å²) in [6.07, 6.45) is 1.75. The van der Waals surface area contributed by atoms with Gasteiger partial charge in [0.15, 0.2) is 0 Å². The fourth-order valence-corrected chi connectivity index (χ4v) is 0.685. The van der Waals surface area contributed by atoms with Crippen molar-refractivity contribution in [2.45, 2.75) is 20.8 Å². The molecule has 1 heterocycles. The van der Waals surface area contributed by atoms with Gasteiger partial charge in [-0.1, -0.05) is 13.8 Å². The molecule has 1 rings (SSSR count). The third kappa shape index (κ3) is 3.03. The lowest BCUT2D eigenvalue weighted by atomic mass is 10.3. The molecule has 11 heavy (non-hydrogen) atoms. The van der Waals surface area contributed by atoms with E-state index in [9.17, 15) is 0 Å². The van der Waals surface area contributed by atoms with Gasteiger partial charge >= 0.3 is 0 Å². The van der Waals surface area contributed by atoms with E-state index in [2.05, 4.69) is 4.98 Å². The molecular weight excluding hydrogens is 138 g/mol. The normalized spacial score (nSPS) is 8.00. The molecule has 1 aromatic heterocycles. The van der Waals surface area contributed by atoms with Crippen LogP contribution < -0.4 is 4.74 Å². The minimum absolute atomic E-state index is 0.845. The maximum Gasteiger partial charge on any atom is 0.140 e. The Morgan fingerprint density at radius 3 is 2.36 bits per heavy atom. The van der Waals surface area contributed by atoms with E-state index in [1.807, 2.05) is 32.9 Å². The molecule has 0 unspecified atom stereocenters. The number of ether oxygens (including phenoxy) is 1. The first-order chi connectivity index (χ1) is 5.34. The van der Waals surface area contributed by atoms with Gasteiger partial charge in [-0.2, -0.15) is 0 Å². The zero-order valence-corrected chi connectivity index (χ0v) is 7.59. The number of methoxy groups -OCH3 is 1. The van der Waals surface area contributed by atoms with E-state index >= 15 is 0 Å². The van der Waals surface area contributed by atoms with E-state index in [1.165, 1.54) is 0 Å². The second-order valence-electron chi connectivity index (χ2n) is 1.79. The number of rotatable bonds is 1. The van der Waals surface area contributed by atoms with Crippen molar-refractivity contribution in [2.75, 3.05) is 7.11 Å². The maximum absolute atomic E-state index is 4.98. The maximum atomic E-state index is 4.98. The zero-order chi connectivity index (χ0) is 8.69. The third-order valence-corrected chi connectivity index (χ3v) is 1.18. The Bertz CT molecular complexity index is 199. The first kappa shape index (κ1) is 9.95. The topological polar surface area (TPSA) is 22.1 Å². The lowest BCUT2D eigenvalue weighted by Gasteiger charge is -1.99. The molecule has 1 aromatic rings. The molecule has 2 nitrogen and oxygen atoms in total. The van der Waals surface area contributed by atoms with E-state index in [-0.39, 0.29) is 0 Å². The minimum atomic E-state index is 0.845. The Hall–Kier alpha value is -1.05. The number of aryl methyl sites for hydroxylation is 1. The van der Waals surface area contributed by atoms with Crippen LogP contribution in [0.5, 0.6) is 5.75 Å². The summed E-state index contributed by atoms with van der Waals surface area (Å²) < 4.78 is 4.98. The number of pyridine rings is 1. The van der Waals surface area contributed by atoms with Crippen LogP contribution in [0.1, 0.15) is 19.5 Å². The second-order valence-corrected chi connectivity index (χ2v) is 1.79. The van der Waals surface area contributed by atoms with E-state index < -0.39 is 0 Å². The summed E-state index contributed by atoms with van der Waals surface area (Å²) in [5.41, 5.74) is 0.931. The van der Waals surface area contributed by atoms with Gasteiger partial charge in [0.1, 0.15) is 5.75 Å². The van der Waals surface area contributed by atoms with Gasteiger partial charge in [-0.3, -0.25) is 4.98 Å². The minimum Gasteiger partial charge on any atom is -0.495 e. The highest BCUT2D eigenvalue weighted by atomic mass is 16.5. The molecule has 0 aliphatic heterocycles. The van der Waals surface area contributed by atoms with Gasteiger partial charge < -0.3 is 4.74 Å². The lowest BCUT2D eigenvalue weighted by molar-refractivity contribution is 0.409. The fourth-order valence-electron chi connectivity index (χ4n) is 0.685. The Morgan fingerprint density at radius 1 is 1.36 bits per heavy atom. The van der Waals surface area contributed by atoms with Crippen LogP contribution in [0.2, 0.25) is 0 Å². The van der Waals surface area contributed by atoms with E-state index in [1.54, 1.807) is 13.3 Å². The van der Waals surface area contributed by atoms with Crippen molar-refractivity contribution >= 4 is 0 Å². The molecule has 62 valence electrons. The van der Waals surface area contributed by atoms with Crippen LogP contribution in [0.3, 0.4) is 0 Å². The summed E-state index contributed by atoms with van der Waals surface area (Å²) in [6, 6.07) is 3.74. The molecular formula is C9H15NO. The van der Waals surface area contributed by atoms with E-state index in [0.717, 1.165) is 11.4 Å². The van der Waals surface area contributed by atoms with Crippen LogP contribution in [0.25, 0.3) is 0 Å². The number of aromatic nitrogens is 1. The Balaban J connectivity index is 0.000000461. The van der Waals surface area contributed by atoms with Crippen molar-refractivity contribution in [2.24, 2.45) is 0 Å². The zero-order valence-electron chi connectivity index (χ0n) is 7.59. The average molecular weight is 153 g/mol. The molecule has 0 aliphatic carbocycles. The fraction of sp³-hybridized carbons (Fsp3) is 0.444. The van der Waals surface area contributed by atoms with Gasteiger partial charge in [0.05, 0.1) is 12.8 Å². The summed E-state index contributed by atoms with van der Waals surface area (Å²) >= 11 is 0. The van der Waals surface area contributed by atoms with Gasteiger partial charge in [0.2, 0.25) is 0 Å². The van der Waals surface area contributed by atoms with Crippen molar-refractivity contribution in [3.63, 3.8) is 0 Å². The van der Waals surface area contributed by atoms with Crippen LogP contribution in [0.15, 0.2) is 18.3 Å². The van der Waals surface area contributed by atoms with Crippen molar-refractivity contribution in [1.29, 1.82) is 0 Å². The quantitative estimate of drug-likeness (QED) is 0.618. The molecule has 0 aliphatic rings. The van der Waals surface area contributed by atoms with E-state index in [4.69, 9.17) is 4.74 Å². The van der Waals surface area contributed by atoms with Gasteiger partial charge in [0, 0.05) is 6.20 Å². The van der Waals surface area contributed by atoms with Crippen LogP contribution >= 0.6 is 0 Å². The first-order valence-electron chi connectivity index (χ1n) is 3.80. The SMILES string of the molecule is CC.COc1cccnc1C. The van der Waals surface area contributed by atoms with Crippen molar-refractivity contribution in [3.05, 3.63) is 24.0 Å². The Morgan fingerprint density at radius 2 is 2.00 bits per heavy atom. The third-order valence-electron chi connectivity index (χ3n) is 1.18. The van der Waals surface area contributed by atoms with Crippen molar-refractivity contribution in [1.82, 2.24) is 4.98 Å². The highest BCUT2D eigenvalue weighted by molar-refractivity contribution is 5.24. The molecule has 0 saturated carbocycles. The summed E-state index contributed by atoms with van der Waals surface area (Å²) in [5, 5.41) is 0. The number of hydrogen-bond acceptors (Lipinski definition) is 2. The number of hydrogen-bond donors (Lipinski definition) is 0. The van der Waals surface area contributed by atoms with Gasteiger partial charge in [-0.25, -0.2) is 0 Å². The molecule has 0 spiro atoms. The molecule has 0 N–H and O–H groups in total. The van der Waals surface area contributed by atoms with Gasteiger partial charge in [-0.05, 0) is 19.1 Å². The standard InChI is InChI=1S/C7H9NO.C2H6/c1-6-7(9-2)4-3-5-8-6;1-2/h3-5H,1-2H3;1-2H3. The summed E-state index contributed by atoms with van der Waals surface area (Å²) in [4.78, 5) is 4.02. The summed E-state index contributed by atoms with van der Waals surface area (Å²) in [5.74, 6) is 0.845. The lowest BCUT2D eigenvalue weighted by Crippen LogP contribution is -1.87. The monoisotopic (exact) mass is 153 g/mol. The molecule has 0 amide bonds. The van der Waals surface area contributed by atoms with Crippen LogP contribution in [-0.2, 0) is 0 Å². The summed E-state index contributed by atoms with van der Waals surface area (Å²) in [7, 11) is 1.64. The van der Waals surface area contributed by atoms with Crippen LogP contribution in [0, 0.1) is 6.92 Å². The molecule has 0 saturated heterocycles. The highest BCUT2D eigenvalue weighted by Gasteiger charge is 1.92. The molecule has 2 heteroatoms. The van der Waals surface area contributed by atoms with Crippen molar-refractivity contribution < 1.29 is 4.74 Å². The predicted octanol–water partition coefficient (Wildman–Crippen LogP) is 2.42. The molecule has 0 bridgehead atoms. The smallest absolute Gasteiger partial charge is 0.140 e. The first-order valence-corrected chi connectivity index (χ1v) is 3.80.